The Morgan fingerprint density at radius 1 is 1.04 bits per heavy atom. The Labute approximate surface area is 161 Å². The topological polar surface area (TPSA) is 111 Å². The lowest BCUT2D eigenvalue weighted by Crippen LogP contribution is -2.23. The fourth-order valence-electron chi connectivity index (χ4n) is 2.44. The highest BCUT2D eigenvalue weighted by atomic mass is 32.2. The van der Waals surface area contributed by atoms with E-state index in [1.807, 2.05) is 30.3 Å². The Bertz CT molecular complexity index is 1130. The number of phenols is 1. The van der Waals surface area contributed by atoms with Gasteiger partial charge < -0.3 is 10.4 Å². The first kappa shape index (κ1) is 18.8. The van der Waals surface area contributed by atoms with Crippen LogP contribution in [0.5, 0.6) is 5.75 Å². The summed E-state index contributed by atoms with van der Waals surface area (Å²) in [4.78, 5) is -0.212. The zero-order chi connectivity index (χ0) is 19.4. The summed E-state index contributed by atoms with van der Waals surface area (Å²) < 4.78 is 31.0. The van der Waals surface area contributed by atoms with Crippen LogP contribution in [0.2, 0.25) is 0 Å². The van der Waals surface area contributed by atoms with Crippen LogP contribution in [0.4, 0.5) is 5.69 Å². The van der Waals surface area contributed by atoms with Crippen molar-refractivity contribution in [1.82, 2.24) is 5.43 Å². The normalized spacial score (nSPS) is 11.6. The summed E-state index contributed by atoms with van der Waals surface area (Å²) in [5, 5.41) is 18.9. The molecule has 0 amide bonds. The highest BCUT2D eigenvalue weighted by Gasteiger charge is 2.08. The molecule has 138 valence electrons. The van der Waals surface area contributed by atoms with Crippen molar-refractivity contribution < 1.29 is 18.1 Å². The number of nitrogens with one attached hydrogen (secondary N) is 2. The minimum absolute atomic E-state index is 0.0962. The van der Waals surface area contributed by atoms with E-state index in [4.69, 9.17) is 16.8 Å². The summed E-state index contributed by atoms with van der Waals surface area (Å²) in [7, 11) is -4.24. The Balaban J connectivity index is 1.68. The number of fused-ring (bicyclic) bond motifs is 1. The average Bonchev–Trinajstić information content (AvgIpc) is 2.63. The Morgan fingerprint density at radius 3 is 2.44 bits per heavy atom. The Kier molecular flexibility index (Phi) is 5.36. The maximum Gasteiger partial charge on any atom is 0.294 e. The second-order valence-electron chi connectivity index (χ2n) is 5.54. The Morgan fingerprint density at radius 2 is 1.74 bits per heavy atom. The van der Waals surface area contributed by atoms with Crippen molar-refractivity contribution in [1.29, 1.82) is 0 Å². The molecule has 27 heavy (non-hydrogen) atoms. The summed E-state index contributed by atoms with van der Waals surface area (Å²) in [5.74, 6) is 0.0962. The third-order valence-corrected chi connectivity index (χ3v) is 4.78. The van der Waals surface area contributed by atoms with Crippen molar-refractivity contribution >= 4 is 50.1 Å². The highest BCUT2D eigenvalue weighted by molar-refractivity contribution is 7.85. The molecule has 0 aromatic heterocycles. The van der Waals surface area contributed by atoms with E-state index in [2.05, 4.69) is 15.8 Å². The first-order chi connectivity index (χ1) is 12.8. The van der Waals surface area contributed by atoms with Gasteiger partial charge in [0.15, 0.2) is 5.11 Å². The molecule has 0 unspecified atom stereocenters. The molecule has 0 fully saturated rings. The fraction of sp³-hybridized carbons (Fsp3) is 0. The summed E-state index contributed by atoms with van der Waals surface area (Å²) >= 11 is 5.12. The van der Waals surface area contributed by atoms with E-state index in [1.165, 1.54) is 30.5 Å². The quantitative estimate of drug-likeness (QED) is 0.230. The van der Waals surface area contributed by atoms with Gasteiger partial charge in [-0.3, -0.25) is 9.98 Å². The lowest BCUT2D eigenvalue weighted by molar-refractivity contribution is 0.475. The van der Waals surface area contributed by atoms with Crippen LogP contribution in [0.3, 0.4) is 0 Å². The van der Waals surface area contributed by atoms with Crippen LogP contribution in [0, 0.1) is 0 Å². The van der Waals surface area contributed by atoms with E-state index in [0.717, 1.165) is 10.8 Å². The van der Waals surface area contributed by atoms with Gasteiger partial charge in [0.1, 0.15) is 5.75 Å². The zero-order valence-corrected chi connectivity index (χ0v) is 15.5. The van der Waals surface area contributed by atoms with Crippen molar-refractivity contribution in [3.63, 3.8) is 0 Å². The number of thiocarbonyl (C=S) groups is 1. The number of hydrogen-bond acceptors (Lipinski definition) is 5. The maximum absolute atomic E-state index is 11.0. The van der Waals surface area contributed by atoms with Gasteiger partial charge in [-0.1, -0.05) is 30.3 Å². The van der Waals surface area contributed by atoms with Gasteiger partial charge in [-0.05, 0) is 53.3 Å². The van der Waals surface area contributed by atoms with Gasteiger partial charge in [0.25, 0.3) is 10.1 Å². The smallest absolute Gasteiger partial charge is 0.294 e. The van der Waals surface area contributed by atoms with E-state index in [-0.39, 0.29) is 15.8 Å². The average molecular weight is 401 g/mol. The number of phenolic OH excluding ortho intramolecular Hbond substituents is 1. The SMILES string of the molecule is O=S(=O)(O)c1ccc(NC(=S)NN=Cc2c(O)ccc3ccccc23)cc1. The zero-order valence-electron chi connectivity index (χ0n) is 13.8. The molecule has 0 aliphatic heterocycles. The van der Waals surface area contributed by atoms with Crippen LogP contribution in [0.15, 0.2) is 70.7 Å². The van der Waals surface area contributed by atoms with Crippen molar-refractivity contribution in [2.75, 3.05) is 5.32 Å². The molecule has 0 aliphatic rings. The van der Waals surface area contributed by atoms with E-state index in [9.17, 15) is 13.5 Å². The van der Waals surface area contributed by atoms with E-state index < -0.39 is 10.1 Å². The number of aromatic hydroxyl groups is 1. The standard InChI is InChI=1S/C18H15N3O4S2/c22-17-10-5-12-3-1-2-4-15(12)16(17)11-19-21-18(26)20-13-6-8-14(9-7-13)27(23,24)25/h1-11,22H,(H2,20,21,26)(H,23,24,25). The van der Waals surface area contributed by atoms with Gasteiger partial charge in [0, 0.05) is 11.3 Å². The molecule has 0 heterocycles. The number of anilines is 1. The van der Waals surface area contributed by atoms with Gasteiger partial charge in [0.2, 0.25) is 0 Å². The van der Waals surface area contributed by atoms with Crippen LogP contribution in [-0.2, 0) is 10.1 Å². The van der Waals surface area contributed by atoms with E-state index in [1.54, 1.807) is 6.07 Å². The predicted molar refractivity (Wildman–Crippen MR) is 109 cm³/mol. The van der Waals surface area contributed by atoms with Crippen LogP contribution in [-0.4, -0.2) is 29.4 Å². The molecular formula is C18H15N3O4S2. The predicted octanol–water partition coefficient (Wildman–Crippen LogP) is 3.11. The van der Waals surface area contributed by atoms with Crippen LogP contribution in [0.1, 0.15) is 5.56 Å². The third kappa shape index (κ3) is 4.59. The second kappa shape index (κ2) is 7.70. The summed E-state index contributed by atoms with van der Waals surface area (Å²) in [6.07, 6.45) is 1.47. The molecular weight excluding hydrogens is 386 g/mol. The maximum atomic E-state index is 11.0. The molecule has 0 radical (unpaired) electrons. The molecule has 0 saturated carbocycles. The van der Waals surface area contributed by atoms with Gasteiger partial charge in [-0.25, -0.2) is 0 Å². The number of hydrazone groups is 1. The van der Waals surface area contributed by atoms with Crippen molar-refractivity contribution in [2.45, 2.75) is 4.90 Å². The van der Waals surface area contributed by atoms with Crippen LogP contribution >= 0.6 is 12.2 Å². The molecule has 3 aromatic rings. The number of rotatable bonds is 4. The Hall–Kier alpha value is -3.01. The van der Waals surface area contributed by atoms with Gasteiger partial charge >= 0.3 is 0 Å². The molecule has 7 nitrogen and oxygen atoms in total. The summed E-state index contributed by atoms with van der Waals surface area (Å²) in [5.41, 5.74) is 3.70. The minimum Gasteiger partial charge on any atom is -0.507 e. The van der Waals surface area contributed by atoms with Crippen LogP contribution < -0.4 is 10.7 Å². The third-order valence-electron chi connectivity index (χ3n) is 3.72. The van der Waals surface area contributed by atoms with Crippen molar-refractivity contribution in [3.8, 4) is 5.75 Å². The number of nitrogens with zero attached hydrogens (tertiary/aromatic N) is 1. The minimum atomic E-state index is -4.24. The molecule has 0 saturated heterocycles. The molecule has 0 atom stereocenters. The fourth-order valence-corrected chi connectivity index (χ4v) is 3.10. The van der Waals surface area contributed by atoms with Gasteiger partial charge in [-0.2, -0.15) is 13.5 Å². The molecule has 0 aliphatic carbocycles. The number of hydrogen-bond donors (Lipinski definition) is 4. The lowest BCUT2D eigenvalue weighted by atomic mass is 10.0. The van der Waals surface area contributed by atoms with Crippen molar-refractivity contribution in [2.24, 2.45) is 5.10 Å². The van der Waals surface area contributed by atoms with E-state index >= 15 is 0 Å². The first-order valence-electron chi connectivity index (χ1n) is 7.73. The van der Waals surface area contributed by atoms with E-state index in [0.29, 0.717) is 11.3 Å². The molecule has 4 N–H and O–H groups in total. The summed E-state index contributed by atoms with van der Waals surface area (Å²) in [6, 6.07) is 16.4. The molecule has 0 bridgehead atoms. The van der Waals surface area contributed by atoms with Crippen LogP contribution in [0.25, 0.3) is 10.8 Å². The largest absolute Gasteiger partial charge is 0.507 e. The lowest BCUT2D eigenvalue weighted by Gasteiger charge is -2.08. The molecule has 3 rings (SSSR count). The number of benzene rings is 3. The first-order valence-corrected chi connectivity index (χ1v) is 9.58. The second-order valence-corrected chi connectivity index (χ2v) is 7.37. The monoisotopic (exact) mass is 401 g/mol. The van der Waals surface area contributed by atoms with Gasteiger partial charge in [-0.15, -0.1) is 0 Å². The highest BCUT2D eigenvalue weighted by Crippen LogP contribution is 2.25. The van der Waals surface area contributed by atoms with Crippen molar-refractivity contribution in [3.05, 3.63) is 66.2 Å². The van der Waals surface area contributed by atoms with Gasteiger partial charge in [0.05, 0.1) is 11.1 Å². The molecule has 0 spiro atoms. The molecule has 3 aromatic carbocycles. The summed E-state index contributed by atoms with van der Waals surface area (Å²) in [6.45, 7) is 0. The molecule has 9 heteroatoms.